The maximum Gasteiger partial charge on any atom is 0.332 e. The maximum atomic E-state index is 10.6. The highest BCUT2D eigenvalue weighted by molar-refractivity contribution is 7.95. The number of hydrogen-bond donors (Lipinski definition) is 1. The molecule has 0 amide bonds. The Morgan fingerprint density at radius 2 is 2.08 bits per heavy atom. The van der Waals surface area contributed by atoms with Gasteiger partial charge in [0, 0.05) is 4.90 Å². The van der Waals surface area contributed by atoms with Gasteiger partial charge >= 0.3 is 5.97 Å². The van der Waals surface area contributed by atoms with Gasteiger partial charge in [0.15, 0.2) is 0 Å². The molecule has 0 fully saturated rings. The van der Waals surface area contributed by atoms with E-state index in [2.05, 4.69) is 0 Å². The molecule has 0 saturated carbocycles. The number of rotatable bonds is 3. The highest BCUT2D eigenvalue weighted by Crippen LogP contribution is 2.17. The topological polar surface area (TPSA) is 52.3 Å². The molecule has 12 heavy (non-hydrogen) atoms. The molecule has 1 rings (SSSR count). The van der Waals surface area contributed by atoms with Crippen molar-refractivity contribution in [2.45, 2.75) is 4.90 Å². The van der Waals surface area contributed by atoms with Gasteiger partial charge in [-0.3, -0.25) is 0 Å². The molecule has 0 aliphatic carbocycles. The second-order valence-electron chi connectivity index (χ2n) is 2.06. The standard InChI is InChI=1S/C8H9NO2S/c9-6-8(10)11-12-7-4-2-1-3-5-7/h1-5H,6,9H2. The molecule has 0 heterocycles. The lowest BCUT2D eigenvalue weighted by molar-refractivity contribution is -0.131. The molecule has 0 atom stereocenters. The summed E-state index contributed by atoms with van der Waals surface area (Å²) in [5.41, 5.74) is 5.05. The highest BCUT2D eigenvalue weighted by atomic mass is 32.2. The van der Waals surface area contributed by atoms with Gasteiger partial charge in [-0.05, 0) is 12.1 Å². The molecule has 0 unspecified atom stereocenters. The van der Waals surface area contributed by atoms with E-state index in [4.69, 9.17) is 9.92 Å². The van der Waals surface area contributed by atoms with Gasteiger partial charge in [0.05, 0.1) is 18.6 Å². The molecule has 0 saturated heterocycles. The molecule has 2 N–H and O–H groups in total. The second kappa shape index (κ2) is 4.79. The van der Waals surface area contributed by atoms with Crippen LogP contribution in [0.4, 0.5) is 0 Å². The number of carbonyl (C=O) groups excluding carboxylic acids is 1. The molecule has 1 aromatic carbocycles. The smallest absolute Gasteiger partial charge is 0.332 e. The molecular weight excluding hydrogens is 174 g/mol. The quantitative estimate of drug-likeness (QED) is 0.715. The van der Waals surface area contributed by atoms with Crippen molar-refractivity contribution in [3.8, 4) is 0 Å². The predicted octanol–water partition coefficient (Wildman–Crippen LogP) is 1.20. The number of hydrogen-bond acceptors (Lipinski definition) is 4. The van der Waals surface area contributed by atoms with Crippen LogP contribution in [-0.2, 0) is 8.98 Å². The predicted molar refractivity (Wildman–Crippen MR) is 47.4 cm³/mol. The van der Waals surface area contributed by atoms with Crippen molar-refractivity contribution in [3.63, 3.8) is 0 Å². The molecule has 0 radical (unpaired) electrons. The molecule has 0 aliphatic heterocycles. The summed E-state index contributed by atoms with van der Waals surface area (Å²) in [4.78, 5) is 11.5. The van der Waals surface area contributed by atoms with Crippen LogP contribution in [-0.4, -0.2) is 12.5 Å². The first-order valence-corrected chi connectivity index (χ1v) is 4.19. The monoisotopic (exact) mass is 183 g/mol. The lowest BCUT2D eigenvalue weighted by Gasteiger charge is -1.99. The molecule has 0 spiro atoms. The molecule has 1 aromatic rings. The SMILES string of the molecule is NCC(=O)OSc1ccccc1. The molecule has 0 aromatic heterocycles. The van der Waals surface area contributed by atoms with E-state index in [9.17, 15) is 4.79 Å². The largest absolute Gasteiger partial charge is 0.385 e. The number of benzene rings is 1. The van der Waals surface area contributed by atoms with Gasteiger partial charge in [0.2, 0.25) is 0 Å². The Balaban J connectivity index is 2.38. The van der Waals surface area contributed by atoms with Crippen molar-refractivity contribution < 1.29 is 8.98 Å². The summed E-state index contributed by atoms with van der Waals surface area (Å²) in [6, 6.07) is 9.36. The lowest BCUT2D eigenvalue weighted by Crippen LogP contribution is -2.13. The van der Waals surface area contributed by atoms with Crippen LogP contribution < -0.4 is 5.73 Å². The minimum absolute atomic E-state index is 0.0835. The zero-order chi connectivity index (χ0) is 8.81. The Morgan fingerprint density at radius 1 is 1.42 bits per heavy atom. The molecule has 3 nitrogen and oxygen atoms in total. The van der Waals surface area contributed by atoms with E-state index in [-0.39, 0.29) is 6.54 Å². The fraction of sp³-hybridized carbons (Fsp3) is 0.125. The van der Waals surface area contributed by atoms with E-state index in [0.29, 0.717) is 0 Å². The van der Waals surface area contributed by atoms with E-state index in [1.807, 2.05) is 30.3 Å². The van der Waals surface area contributed by atoms with Crippen molar-refractivity contribution >= 4 is 18.0 Å². The summed E-state index contributed by atoms with van der Waals surface area (Å²) in [5.74, 6) is -0.413. The Hall–Kier alpha value is -1.00. The van der Waals surface area contributed by atoms with Crippen molar-refractivity contribution in [2.24, 2.45) is 5.73 Å². The molecule has 64 valence electrons. The number of nitrogens with two attached hydrogens (primary N) is 1. The zero-order valence-corrected chi connectivity index (χ0v) is 7.21. The molecule has 0 bridgehead atoms. The number of carbonyl (C=O) groups is 1. The van der Waals surface area contributed by atoms with Crippen molar-refractivity contribution in [3.05, 3.63) is 30.3 Å². The van der Waals surface area contributed by atoms with Crippen LogP contribution in [0.5, 0.6) is 0 Å². The highest BCUT2D eigenvalue weighted by Gasteiger charge is 1.99. The first kappa shape index (κ1) is 9.09. The summed E-state index contributed by atoms with van der Waals surface area (Å²) in [6.45, 7) is -0.0835. The fourth-order valence-electron chi connectivity index (χ4n) is 0.605. The summed E-state index contributed by atoms with van der Waals surface area (Å²) >= 11 is 1.02. The van der Waals surface area contributed by atoms with Gasteiger partial charge < -0.3 is 9.92 Å². The van der Waals surface area contributed by atoms with Crippen LogP contribution >= 0.6 is 12.0 Å². The summed E-state index contributed by atoms with van der Waals surface area (Å²) in [6.07, 6.45) is 0. The van der Waals surface area contributed by atoms with Crippen molar-refractivity contribution in [1.82, 2.24) is 0 Å². The van der Waals surface area contributed by atoms with Crippen LogP contribution in [0.25, 0.3) is 0 Å². The first-order chi connectivity index (χ1) is 5.83. The minimum atomic E-state index is -0.413. The second-order valence-corrected chi connectivity index (χ2v) is 2.86. The van der Waals surface area contributed by atoms with E-state index < -0.39 is 5.97 Å². The van der Waals surface area contributed by atoms with E-state index >= 15 is 0 Å². The lowest BCUT2D eigenvalue weighted by atomic mass is 10.4. The van der Waals surface area contributed by atoms with Crippen molar-refractivity contribution in [1.29, 1.82) is 0 Å². The Kier molecular flexibility index (Phi) is 3.63. The molecule has 4 heteroatoms. The average molecular weight is 183 g/mol. The minimum Gasteiger partial charge on any atom is -0.385 e. The van der Waals surface area contributed by atoms with Crippen LogP contribution in [0, 0.1) is 0 Å². The Labute approximate surface area is 75.1 Å². The Bertz CT molecular complexity index is 250. The van der Waals surface area contributed by atoms with Crippen LogP contribution in [0.1, 0.15) is 0 Å². The van der Waals surface area contributed by atoms with Gasteiger partial charge in [-0.15, -0.1) is 0 Å². The maximum absolute atomic E-state index is 10.6. The van der Waals surface area contributed by atoms with E-state index in [1.54, 1.807) is 0 Å². The van der Waals surface area contributed by atoms with Crippen LogP contribution in [0.2, 0.25) is 0 Å². The average Bonchev–Trinajstić information content (AvgIpc) is 2.16. The van der Waals surface area contributed by atoms with Gasteiger partial charge in [-0.25, -0.2) is 4.79 Å². The van der Waals surface area contributed by atoms with Crippen LogP contribution in [0.3, 0.4) is 0 Å². The zero-order valence-electron chi connectivity index (χ0n) is 6.40. The summed E-state index contributed by atoms with van der Waals surface area (Å²) < 4.78 is 4.73. The van der Waals surface area contributed by atoms with Crippen LogP contribution in [0.15, 0.2) is 35.2 Å². The van der Waals surface area contributed by atoms with E-state index in [1.165, 1.54) is 0 Å². The third-order valence-corrected chi connectivity index (χ3v) is 1.87. The molecular formula is C8H9NO2S. The normalized spacial score (nSPS) is 9.42. The van der Waals surface area contributed by atoms with E-state index in [0.717, 1.165) is 16.9 Å². The summed E-state index contributed by atoms with van der Waals surface area (Å²) in [7, 11) is 0. The Morgan fingerprint density at radius 3 is 2.67 bits per heavy atom. The third kappa shape index (κ3) is 2.94. The van der Waals surface area contributed by atoms with Gasteiger partial charge in [0.1, 0.15) is 0 Å². The fourth-order valence-corrected chi connectivity index (χ4v) is 1.13. The van der Waals surface area contributed by atoms with Gasteiger partial charge in [-0.2, -0.15) is 0 Å². The first-order valence-electron chi connectivity index (χ1n) is 3.45. The van der Waals surface area contributed by atoms with Gasteiger partial charge in [0.25, 0.3) is 0 Å². The third-order valence-electron chi connectivity index (χ3n) is 1.14. The summed E-state index contributed by atoms with van der Waals surface area (Å²) in [5, 5.41) is 0. The molecule has 0 aliphatic rings. The van der Waals surface area contributed by atoms with Gasteiger partial charge in [-0.1, -0.05) is 18.2 Å². The van der Waals surface area contributed by atoms with Crippen molar-refractivity contribution in [2.75, 3.05) is 6.54 Å².